The first-order valence-electron chi connectivity index (χ1n) is 6.51. The minimum atomic E-state index is 0.623. The lowest BCUT2D eigenvalue weighted by atomic mass is 10.3. The zero-order valence-electron chi connectivity index (χ0n) is 11.3. The molecule has 0 aliphatic rings. The van der Waals surface area contributed by atoms with Crippen molar-refractivity contribution >= 4 is 11.8 Å². The summed E-state index contributed by atoms with van der Waals surface area (Å²) in [6.07, 6.45) is 2.85. The highest BCUT2D eigenvalue weighted by atomic mass is 15.1. The van der Waals surface area contributed by atoms with Crippen molar-refractivity contribution in [1.29, 1.82) is 0 Å². The van der Waals surface area contributed by atoms with Gasteiger partial charge in [-0.1, -0.05) is 13.0 Å². The van der Waals surface area contributed by atoms with E-state index in [9.17, 15) is 0 Å². The Morgan fingerprint density at radius 3 is 2.79 bits per heavy atom. The van der Waals surface area contributed by atoms with Gasteiger partial charge in [0.2, 0.25) is 5.95 Å². The van der Waals surface area contributed by atoms with Crippen molar-refractivity contribution in [2.24, 2.45) is 0 Å². The van der Waals surface area contributed by atoms with Crippen LogP contribution in [0.25, 0.3) is 0 Å². The molecule has 2 aromatic heterocycles. The first-order valence-corrected chi connectivity index (χ1v) is 6.51. The summed E-state index contributed by atoms with van der Waals surface area (Å²) in [6.45, 7) is 5.62. The van der Waals surface area contributed by atoms with Crippen LogP contribution in [0.1, 0.15) is 24.7 Å². The molecule has 0 aliphatic carbocycles. The van der Waals surface area contributed by atoms with Gasteiger partial charge >= 0.3 is 0 Å². The number of nitrogens with one attached hydrogen (secondary N) is 2. The molecule has 0 aliphatic heterocycles. The van der Waals surface area contributed by atoms with Gasteiger partial charge in [0.25, 0.3) is 0 Å². The number of aromatic nitrogens is 3. The first kappa shape index (κ1) is 13.3. The van der Waals surface area contributed by atoms with Gasteiger partial charge in [0.1, 0.15) is 5.82 Å². The van der Waals surface area contributed by atoms with Gasteiger partial charge in [0.05, 0.1) is 12.2 Å². The number of hydrogen-bond donors (Lipinski definition) is 2. The molecule has 2 heterocycles. The molecule has 0 radical (unpaired) electrons. The standard InChI is InChI=1S/C14H19N5/c1-3-7-16-13-9-11(2)18-14(19-13)17-10-12-6-4-5-8-15-12/h4-6,8-9H,3,7,10H2,1-2H3,(H2,16,17,18,19). The smallest absolute Gasteiger partial charge is 0.225 e. The minimum Gasteiger partial charge on any atom is -0.370 e. The largest absolute Gasteiger partial charge is 0.370 e. The van der Waals surface area contributed by atoms with Crippen LogP contribution in [0.4, 0.5) is 11.8 Å². The fraction of sp³-hybridized carbons (Fsp3) is 0.357. The zero-order valence-corrected chi connectivity index (χ0v) is 11.3. The van der Waals surface area contributed by atoms with Crippen molar-refractivity contribution in [2.75, 3.05) is 17.2 Å². The lowest BCUT2D eigenvalue weighted by molar-refractivity contribution is 0.950. The van der Waals surface area contributed by atoms with Gasteiger partial charge in [-0.3, -0.25) is 4.98 Å². The summed E-state index contributed by atoms with van der Waals surface area (Å²) in [5, 5.41) is 6.46. The van der Waals surface area contributed by atoms with Crippen molar-refractivity contribution < 1.29 is 0 Å². The Labute approximate surface area is 113 Å². The number of hydrogen-bond acceptors (Lipinski definition) is 5. The second-order valence-electron chi connectivity index (χ2n) is 4.32. The number of nitrogens with zero attached hydrogens (tertiary/aromatic N) is 3. The molecule has 0 unspecified atom stereocenters. The van der Waals surface area contributed by atoms with Crippen LogP contribution < -0.4 is 10.6 Å². The molecule has 5 nitrogen and oxygen atoms in total. The van der Waals surface area contributed by atoms with Crippen LogP contribution in [0.3, 0.4) is 0 Å². The lowest BCUT2D eigenvalue weighted by Crippen LogP contribution is -2.09. The average molecular weight is 257 g/mol. The van der Waals surface area contributed by atoms with Gasteiger partial charge in [-0.15, -0.1) is 0 Å². The molecule has 19 heavy (non-hydrogen) atoms. The summed E-state index contributed by atoms with van der Waals surface area (Å²) < 4.78 is 0. The van der Waals surface area contributed by atoms with E-state index < -0.39 is 0 Å². The third-order valence-electron chi connectivity index (χ3n) is 2.56. The number of rotatable bonds is 6. The molecule has 100 valence electrons. The maximum Gasteiger partial charge on any atom is 0.225 e. The van der Waals surface area contributed by atoms with Gasteiger partial charge < -0.3 is 10.6 Å². The topological polar surface area (TPSA) is 62.7 Å². The zero-order chi connectivity index (χ0) is 13.5. The molecular formula is C14H19N5. The SMILES string of the molecule is CCCNc1cc(C)nc(NCc2ccccn2)n1. The number of anilines is 2. The van der Waals surface area contributed by atoms with E-state index in [0.29, 0.717) is 12.5 Å². The molecule has 0 amide bonds. The molecule has 0 bridgehead atoms. The normalized spacial score (nSPS) is 10.2. The van der Waals surface area contributed by atoms with E-state index in [1.807, 2.05) is 31.2 Å². The second-order valence-corrected chi connectivity index (χ2v) is 4.32. The van der Waals surface area contributed by atoms with Gasteiger partial charge in [-0.25, -0.2) is 4.98 Å². The van der Waals surface area contributed by atoms with Crippen molar-refractivity contribution in [3.05, 3.63) is 41.9 Å². The van der Waals surface area contributed by atoms with E-state index in [4.69, 9.17) is 0 Å². The molecule has 0 atom stereocenters. The van der Waals surface area contributed by atoms with E-state index in [1.54, 1.807) is 6.20 Å². The van der Waals surface area contributed by atoms with Crippen LogP contribution in [0.5, 0.6) is 0 Å². The van der Waals surface area contributed by atoms with Gasteiger partial charge in [-0.2, -0.15) is 4.98 Å². The Morgan fingerprint density at radius 1 is 1.16 bits per heavy atom. The van der Waals surface area contributed by atoms with Crippen molar-refractivity contribution in [1.82, 2.24) is 15.0 Å². The van der Waals surface area contributed by atoms with E-state index in [0.717, 1.165) is 30.2 Å². The van der Waals surface area contributed by atoms with Crippen molar-refractivity contribution in [2.45, 2.75) is 26.8 Å². The molecule has 2 aromatic rings. The predicted molar refractivity (Wildman–Crippen MR) is 77.1 cm³/mol. The summed E-state index contributed by atoms with van der Waals surface area (Å²) >= 11 is 0. The van der Waals surface area contributed by atoms with Gasteiger partial charge in [0.15, 0.2) is 0 Å². The fourth-order valence-corrected chi connectivity index (χ4v) is 1.66. The van der Waals surface area contributed by atoms with Crippen LogP contribution >= 0.6 is 0 Å². The molecule has 5 heteroatoms. The van der Waals surface area contributed by atoms with E-state index in [-0.39, 0.29) is 0 Å². The lowest BCUT2D eigenvalue weighted by Gasteiger charge is -2.09. The molecule has 0 saturated heterocycles. The quantitative estimate of drug-likeness (QED) is 0.833. The summed E-state index contributed by atoms with van der Waals surface area (Å²) in [7, 11) is 0. The molecule has 0 fully saturated rings. The van der Waals surface area contributed by atoms with Crippen molar-refractivity contribution in [3.8, 4) is 0 Å². The Hall–Kier alpha value is -2.17. The molecule has 0 saturated carbocycles. The Morgan fingerprint density at radius 2 is 2.05 bits per heavy atom. The van der Waals surface area contributed by atoms with Crippen LogP contribution in [0.2, 0.25) is 0 Å². The van der Waals surface area contributed by atoms with E-state index in [1.165, 1.54) is 0 Å². The summed E-state index contributed by atoms with van der Waals surface area (Å²) in [5.41, 5.74) is 1.91. The third-order valence-corrected chi connectivity index (χ3v) is 2.56. The highest BCUT2D eigenvalue weighted by Gasteiger charge is 2.02. The first-order chi connectivity index (χ1) is 9.28. The van der Waals surface area contributed by atoms with E-state index >= 15 is 0 Å². The Balaban J connectivity index is 2.01. The highest BCUT2D eigenvalue weighted by molar-refractivity contribution is 5.42. The van der Waals surface area contributed by atoms with Gasteiger partial charge in [-0.05, 0) is 25.5 Å². The Bertz CT molecular complexity index is 512. The summed E-state index contributed by atoms with van der Waals surface area (Å²) in [5.74, 6) is 1.49. The maximum atomic E-state index is 4.43. The summed E-state index contributed by atoms with van der Waals surface area (Å²) in [6, 6.07) is 7.79. The van der Waals surface area contributed by atoms with Crippen LogP contribution in [-0.4, -0.2) is 21.5 Å². The van der Waals surface area contributed by atoms with Crippen LogP contribution in [-0.2, 0) is 6.54 Å². The van der Waals surface area contributed by atoms with Crippen LogP contribution in [0, 0.1) is 6.92 Å². The predicted octanol–water partition coefficient (Wildman–Crippen LogP) is 2.61. The summed E-state index contributed by atoms with van der Waals surface area (Å²) in [4.78, 5) is 13.0. The Kier molecular flexibility index (Phi) is 4.66. The molecule has 2 rings (SSSR count). The monoisotopic (exact) mass is 257 g/mol. The molecule has 0 aromatic carbocycles. The molecule has 0 spiro atoms. The number of pyridine rings is 1. The minimum absolute atomic E-state index is 0.623. The highest BCUT2D eigenvalue weighted by Crippen LogP contribution is 2.10. The average Bonchev–Trinajstić information content (AvgIpc) is 2.43. The second kappa shape index (κ2) is 6.68. The van der Waals surface area contributed by atoms with Gasteiger partial charge in [0, 0.05) is 24.5 Å². The van der Waals surface area contributed by atoms with Crippen molar-refractivity contribution in [3.63, 3.8) is 0 Å². The van der Waals surface area contributed by atoms with E-state index in [2.05, 4.69) is 32.5 Å². The van der Waals surface area contributed by atoms with Crippen LogP contribution in [0.15, 0.2) is 30.5 Å². The fourth-order valence-electron chi connectivity index (χ4n) is 1.66. The maximum absolute atomic E-state index is 4.43. The molecular weight excluding hydrogens is 238 g/mol. The third kappa shape index (κ3) is 4.21. The number of aryl methyl sites for hydroxylation is 1. The molecule has 2 N–H and O–H groups in total.